The highest BCUT2D eigenvalue weighted by molar-refractivity contribution is 6.37. The molecule has 0 spiro atoms. The molecule has 0 fully saturated rings. The van der Waals surface area contributed by atoms with Crippen LogP contribution in [-0.2, 0) is 9.59 Å². The second-order valence-electron chi connectivity index (χ2n) is 7.43. The van der Waals surface area contributed by atoms with Crippen molar-refractivity contribution in [3.8, 4) is 36.1 Å². The molecule has 158 valence electrons. The summed E-state index contributed by atoms with van der Waals surface area (Å²) in [5, 5.41) is 0. The van der Waals surface area contributed by atoms with E-state index in [9.17, 15) is 9.59 Å². The zero-order valence-corrected chi connectivity index (χ0v) is 17.9. The van der Waals surface area contributed by atoms with E-state index in [-0.39, 0.29) is 11.8 Å². The molecule has 2 heterocycles. The van der Waals surface area contributed by atoms with Gasteiger partial charge < -0.3 is 0 Å². The maximum atomic E-state index is 14.0. The summed E-state index contributed by atoms with van der Waals surface area (Å²) in [5.41, 5.74) is 3.74. The summed E-state index contributed by atoms with van der Waals surface area (Å²) in [7, 11) is 0. The van der Waals surface area contributed by atoms with Crippen molar-refractivity contribution in [1.82, 2.24) is 4.90 Å². The Kier molecular flexibility index (Phi) is 5.29. The second kappa shape index (κ2) is 8.71. The van der Waals surface area contributed by atoms with E-state index < -0.39 is 0 Å². The summed E-state index contributed by atoms with van der Waals surface area (Å²) in [6, 6.07) is 30.8. The molecule has 5 rings (SSSR count). The third-order valence-corrected chi connectivity index (χ3v) is 5.48. The first-order valence-electron chi connectivity index (χ1n) is 10.5. The predicted molar refractivity (Wildman–Crippen MR) is 132 cm³/mol. The van der Waals surface area contributed by atoms with Crippen LogP contribution >= 0.6 is 0 Å². The Labute approximate surface area is 197 Å². The minimum absolute atomic E-state index is 0.286. The van der Waals surface area contributed by atoms with Crippen LogP contribution < -0.4 is 4.90 Å². The molecular weight excluding hydrogens is 420 g/mol. The number of hydrogen-bond acceptors (Lipinski definition) is 2. The van der Waals surface area contributed by atoms with E-state index in [4.69, 9.17) is 6.42 Å². The van der Waals surface area contributed by atoms with Crippen molar-refractivity contribution in [2.45, 2.75) is 0 Å². The van der Waals surface area contributed by atoms with Crippen LogP contribution in [0.1, 0.15) is 11.1 Å². The van der Waals surface area contributed by atoms with Gasteiger partial charge in [0, 0.05) is 29.1 Å². The first kappa shape index (κ1) is 20.7. The molecule has 2 aliphatic rings. The quantitative estimate of drug-likeness (QED) is 0.575. The van der Waals surface area contributed by atoms with Gasteiger partial charge in [-0.25, -0.2) is 4.90 Å². The summed E-state index contributed by atoms with van der Waals surface area (Å²) in [5.74, 6) is 9.12. The Morgan fingerprint density at radius 3 is 1.71 bits per heavy atom. The Balaban J connectivity index is 1.82. The van der Waals surface area contributed by atoms with Crippen LogP contribution in [0.4, 0.5) is 5.69 Å². The molecule has 0 saturated carbocycles. The van der Waals surface area contributed by atoms with Gasteiger partial charge >= 0.3 is 0 Å². The third kappa shape index (κ3) is 3.35. The molecule has 0 atom stereocenters. The molecule has 2 amide bonds. The molecule has 0 bridgehead atoms. The molecule has 3 aromatic rings. The number of anilines is 1. The van der Waals surface area contributed by atoms with Crippen LogP contribution in [0.3, 0.4) is 0 Å². The van der Waals surface area contributed by atoms with Crippen molar-refractivity contribution in [3.63, 3.8) is 0 Å². The molecule has 34 heavy (non-hydrogen) atoms. The van der Waals surface area contributed by atoms with Crippen LogP contribution in [-0.4, -0.2) is 16.7 Å². The van der Waals surface area contributed by atoms with E-state index in [1.54, 1.807) is 4.90 Å². The highest BCUT2D eigenvalue weighted by Gasteiger charge is 2.49. The molecule has 2 aliphatic heterocycles. The molecule has 4 nitrogen and oxygen atoms in total. The molecule has 4 heteroatoms. The number of carbonyl (C=O) groups excluding carboxylic acids is 2. The lowest BCUT2D eigenvalue weighted by molar-refractivity contribution is -0.121. The Morgan fingerprint density at radius 2 is 1.12 bits per heavy atom. The molecule has 0 aromatic heterocycles. The molecule has 0 unspecified atom stereocenters. The summed E-state index contributed by atoms with van der Waals surface area (Å²) >= 11 is 0. The van der Waals surface area contributed by atoms with Gasteiger partial charge in [0.25, 0.3) is 11.8 Å². The number of terminal acetylenes is 1. The van der Waals surface area contributed by atoms with E-state index in [0.29, 0.717) is 33.8 Å². The molecule has 0 radical (unpaired) electrons. The van der Waals surface area contributed by atoms with Gasteiger partial charge in [-0.3, -0.25) is 14.5 Å². The number of amides is 2. The lowest BCUT2D eigenvalue weighted by atomic mass is 10.0. The zero-order chi connectivity index (χ0) is 23.5. The normalized spacial score (nSPS) is 14.3. The third-order valence-electron chi connectivity index (χ3n) is 5.48. The number of hydrogen-bond donors (Lipinski definition) is 0. The largest absolute Gasteiger partial charge is 0.275 e. The number of nitrogens with zero attached hydrogens (tertiary/aromatic N) is 2. The predicted octanol–water partition coefficient (Wildman–Crippen LogP) is 4.30. The molecule has 3 aromatic carbocycles. The monoisotopic (exact) mass is 436 g/mol. The first-order chi connectivity index (χ1) is 16.7. The highest BCUT2D eigenvalue weighted by Crippen LogP contribution is 2.47. The van der Waals surface area contributed by atoms with E-state index >= 15 is 0 Å². The first-order valence-corrected chi connectivity index (χ1v) is 10.5. The number of benzene rings is 3. The van der Waals surface area contributed by atoms with Crippen LogP contribution in [0.25, 0.3) is 11.4 Å². The molecule has 0 N–H and O–H groups in total. The van der Waals surface area contributed by atoms with Gasteiger partial charge in [0.2, 0.25) is 0 Å². The summed E-state index contributed by atoms with van der Waals surface area (Å²) in [6.07, 6.45) is 5.18. The van der Waals surface area contributed by atoms with E-state index in [2.05, 4.69) is 29.7 Å². The lowest BCUT2D eigenvalue weighted by Gasteiger charge is -2.23. The van der Waals surface area contributed by atoms with E-state index in [0.717, 1.165) is 5.56 Å². The summed E-state index contributed by atoms with van der Waals surface area (Å²) in [6.45, 7) is 0. The van der Waals surface area contributed by atoms with Crippen molar-refractivity contribution >= 4 is 28.9 Å². The van der Waals surface area contributed by atoms with Gasteiger partial charge in [0.15, 0.2) is 0 Å². The van der Waals surface area contributed by atoms with Crippen molar-refractivity contribution in [1.29, 1.82) is 0 Å². The summed E-state index contributed by atoms with van der Waals surface area (Å²) in [4.78, 5) is 30.7. The fourth-order valence-corrected chi connectivity index (χ4v) is 4.12. The molecule has 0 saturated heterocycles. The fraction of sp³-hybridized carbons (Fsp3) is 0. The fourth-order valence-electron chi connectivity index (χ4n) is 4.12. The minimum atomic E-state index is -0.380. The van der Waals surface area contributed by atoms with Crippen LogP contribution in [0.5, 0.6) is 0 Å². The van der Waals surface area contributed by atoms with Crippen LogP contribution in [0.15, 0.2) is 102 Å². The average molecular weight is 436 g/mol. The zero-order valence-electron chi connectivity index (χ0n) is 17.9. The maximum Gasteiger partial charge on any atom is 0.273 e. The standard InChI is InChI=1S/C30H16N2O2/c1-2-3-4-14-21-31-27(22-15-8-5-9-16-22)25-26(29(31)33)28(23-17-10-6-11-18-23)32(30(25)34)24-19-12-7-13-20-24/h1,5-13,15-20H. The van der Waals surface area contributed by atoms with Crippen LogP contribution in [0, 0.1) is 36.1 Å². The maximum absolute atomic E-state index is 14.0. The smallest absolute Gasteiger partial charge is 0.273 e. The topological polar surface area (TPSA) is 40.6 Å². The lowest BCUT2D eigenvalue weighted by Crippen LogP contribution is -2.27. The Bertz CT molecular complexity index is 1540. The van der Waals surface area contributed by atoms with Gasteiger partial charge in [-0.15, -0.1) is 6.42 Å². The van der Waals surface area contributed by atoms with Gasteiger partial charge in [-0.1, -0.05) is 78.9 Å². The number of carbonyl (C=O) groups is 2. The number of fused-ring (bicyclic) bond motifs is 1. The Morgan fingerprint density at radius 1 is 0.588 bits per heavy atom. The molecular formula is C30H16N2O2. The minimum Gasteiger partial charge on any atom is -0.275 e. The van der Waals surface area contributed by atoms with E-state index in [1.807, 2.05) is 91.0 Å². The van der Waals surface area contributed by atoms with Crippen molar-refractivity contribution in [3.05, 3.63) is 113 Å². The number of para-hydroxylation sites is 1. The van der Waals surface area contributed by atoms with Gasteiger partial charge in [-0.2, -0.15) is 0 Å². The van der Waals surface area contributed by atoms with Gasteiger partial charge in [0.1, 0.15) is 0 Å². The van der Waals surface area contributed by atoms with Crippen molar-refractivity contribution in [2.75, 3.05) is 4.90 Å². The van der Waals surface area contributed by atoms with Gasteiger partial charge in [0.05, 0.1) is 22.5 Å². The number of rotatable bonds is 3. The Hall–Kier alpha value is -5.24. The second-order valence-corrected chi connectivity index (χ2v) is 7.43. The van der Waals surface area contributed by atoms with E-state index in [1.165, 1.54) is 4.90 Å². The molecule has 0 aliphatic carbocycles. The van der Waals surface area contributed by atoms with Gasteiger partial charge in [-0.05, 0) is 29.5 Å². The van der Waals surface area contributed by atoms with Crippen molar-refractivity contribution in [2.24, 2.45) is 0 Å². The highest BCUT2D eigenvalue weighted by atomic mass is 16.2. The SMILES string of the molecule is C#CC#CC#CN1C(=O)C2=C(c3ccccc3)N(c3ccccc3)C(=O)C2=C1c1ccccc1. The summed E-state index contributed by atoms with van der Waals surface area (Å²) < 4.78 is 0. The average Bonchev–Trinajstić information content (AvgIpc) is 3.35. The van der Waals surface area contributed by atoms with Crippen LogP contribution in [0.2, 0.25) is 0 Å². The van der Waals surface area contributed by atoms with Crippen molar-refractivity contribution < 1.29 is 9.59 Å².